The number of hydrogen-bond acceptors (Lipinski definition) is 2. The highest BCUT2D eigenvalue weighted by atomic mass is 19.3. The predicted octanol–water partition coefficient (Wildman–Crippen LogP) is 6.00. The first kappa shape index (κ1) is 24.4. The largest absolute Gasteiger partial charge is 0.478 e. The van der Waals surface area contributed by atoms with Crippen LogP contribution in [0.4, 0.5) is 8.78 Å². The Hall–Kier alpha value is -3.22. The number of carboxylic acid groups (broad SMARTS) is 1. The van der Waals surface area contributed by atoms with Crippen molar-refractivity contribution in [2.45, 2.75) is 59.5 Å². The normalized spacial score (nSPS) is 11.5. The average Bonchev–Trinajstić information content (AvgIpc) is 3.04. The van der Waals surface area contributed by atoms with E-state index in [4.69, 9.17) is 0 Å². The van der Waals surface area contributed by atoms with E-state index in [0.717, 1.165) is 11.1 Å². The van der Waals surface area contributed by atoms with Gasteiger partial charge in [0, 0.05) is 12.2 Å². The zero-order valence-corrected chi connectivity index (χ0v) is 19.2. The zero-order valence-electron chi connectivity index (χ0n) is 19.2. The number of imidazole rings is 1. The van der Waals surface area contributed by atoms with Crippen LogP contribution in [0.1, 0.15) is 67.3 Å². The molecule has 1 aromatic heterocycles. The fraction of sp³-hybridized carbons (Fsp3) is 0.385. The standard InChI is InChI=1S/C26H30F2N2O3/c1-4-15-29-23(24(27)28)22(14-9-17(2)3)30(26(29)33)16-18-10-12-19(13-11-18)20-7-5-6-8-21(20)25(31)32/h5-8,10-13,17,24H,4,9,14-16H2,1-3H3,(H,31,32). The van der Waals surface area contributed by atoms with Gasteiger partial charge >= 0.3 is 11.7 Å². The SMILES string of the molecule is CCCn1c(C(F)F)c(CCC(C)C)n(Cc2ccc(-c3ccccc3C(=O)O)cc2)c1=O. The van der Waals surface area contributed by atoms with Gasteiger partial charge in [0.05, 0.1) is 12.1 Å². The van der Waals surface area contributed by atoms with Crippen molar-refractivity contribution in [3.05, 3.63) is 81.5 Å². The summed E-state index contributed by atoms with van der Waals surface area (Å²) in [6, 6.07) is 14.0. The van der Waals surface area contributed by atoms with E-state index in [1.165, 1.54) is 9.13 Å². The number of nitrogens with zero attached hydrogens (tertiary/aromatic N) is 2. The molecule has 0 spiro atoms. The quantitative estimate of drug-likeness (QED) is 0.407. The van der Waals surface area contributed by atoms with Crippen LogP contribution in [0, 0.1) is 5.92 Å². The van der Waals surface area contributed by atoms with Crippen molar-refractivity contribution in [2.75, 3.05) is 0 Å². The van der Waals surface area contributed by atoms with Gasteiger partial charge in [-0.2, -0.15) is 0 Å². The number of hydrogen-bond donors (Lipinski definition) is 1. The summed E-state index contributed by atoms with van der Waals surface area (Å²) in [5, 5.41) is 9.44. The molecule has 0 amide bonds. The molecular formula is C26H30F2N2O3. The predicted molar refractivity (Wildman–Crippen MR) is 125 cm³/mol. The Kier molecular flexibility index (Phi) is 7.84. The van der Waals surface area contributed by atoms with Gasteiger partial charge in [-0.3, -0.25) is 9.13 Å². The first-order chi connectivity index (χ1) is 15.7. The van der Waals surface area contributed by atoms with Crippen LogP contribution in [0.2, 0.25) is 0 Å². The van der Waals surface area contributed by atoms with E-state index in [-0.39, 0.29) is 24.3 Å². The summed E-state index contributed by atoms with van der Waals surface area (Å²) in [6.45, 7) is 6.36. The maximum Gasteiger partial charge on any atom is 0.336 e. The highest BCUT2D eigenvalue weighted by Gasteiger charge is 2.26. The topological polar surface area (TPSA) is 64.2 Å². The van der Waals surface area contributed by atoms with E-state index in [2.05, 4.69) is 0 Å². The molecule has 0 fully saturated rings. The fourth-order valence-electron chi connectivity index (χ4n) is 4.09. The van der Waals surface area contributed by atoms with Crippen LogP contribution in [0.25, 0.3) is 11.1 Å². The van der Waals surface area contributed by atoms with Gasteiger partial charge in [-0.1, -0.05) is 63.2 Å². The third kappa shape index (κ3) is 5.41. The molecule has 5 nitrogen and oxygen atoms in total. The lowest BCUT2D eigenvalue weighted by Gasteiger charge is -2.12. The summed E-state index contributed by atoms with van der Waals surface area (Å²) >= 11 is 0. The van der Waals surface area contributed by atoms with Gasteiger partial charge in [0.2, 0.25) is 0 Å². The second-order valence-corrected chi connectivity index (χ2v) is 8.63. The lowest BCUT2D eigenvalue weighted by atomic mass is 9.98. The van der Waals surface area contributed by atoms with E-state index in [1.54, 1.807) is 36.4 Å². The van der Waals surface area contributed by atoms with Gasteiger partial charge in [-0.15, -0.1) is 0 Å². The van der Waals surface area contributed by atoms with Gasteiger partial charge in [0.15, 0.2) is 0 Å². The highest BCUT2D eigenvalue weighted by Crippen LogP contribution is 2.27. The van der Waals surface area contributed by atoms with E-state index in [1.807, 2.05) is 32.9 Å². The Labute approximate surface area is 192 Å². The molecule has 0 aliphatic heterocycles. The number of benzene rings is 2. The molecule has 3 rings (SSSR count). The number of carboxylic acids is 1. The van der Waals surface area contributed by atoms with Gasteiger partial charge in [0.25, 0.3) is 6.43 Å². The molecule has 0 aliphatic rings. The molecule has 1 N–H and O–H groups in total. The second-order valence-electron chi connectivity index (χ2n) is 8.63. The number of alkyl halides is 2. The lowest BCUT2D eigenvalue weighted by molar-refractivity contribution is 0.0697. The summed E-state index contributed by atoms with van der Waals surface area (Å²) in [5.74, 6) is -0.685. The Balaban J connectivity index is 2.00. The summed E-state index contributed by atoms with van der Waals surface area (Å²) in [4.78, 5) is 24.6. The smallest absolute Gasteiger partial charge is 0.336 e. The Morgan fingerprint density at radius 3 is 2.27 bits per heavy atom. The minimum absolute atomic E-state index is 0.172. The summed E-state index contributed by atoms with van der Waals surface area (Å²) in [6.07, 6.45) is -1.01. The third-order valence-electron chi connectivity index (χ3n) is 5.75. The van der Waals surface area contributed by atoms with Crippen molar-refractivity contribution in [3.63, 3.8) is 0 Å². The monoisotopic (exact) mass is 456 g/mol. The van der Waals surface area contributed by atoms with Crippen molar-refractivity contribution < 1.29 is 18.7 Å². The van der Waals surface area contributed by atoms with Crippen LogP contribution in [-0.4, -0.2) is 20.2 Å². The molecular weight excluding hydrogens is 426 g/mol. The van der Waals surface area contributed by atoms with Crippen molar-refractivity contribution in [2.24, 2.45) is 5.92 Å². The number of aromatic nitrogens is 2. The molecule has 0 unspecified atom stereocenters. The molecule has 2 aromatic carbocycles. The molecule has 1 heterocycles. The third-order valence-corrected chi connectivity index (χ3v) is 5.75. The van der Waals surface area contributed by atoms with Crippen LogP contribution in [-0.2, 0) is 19.5 Å². The number of carbonyl (C=O) groups is 1. The molecule has 0 saturated carbocycles. The Morgan fingerprint density at radius 1 is 1.03 bits per heavy atom. The van der Waals surface area contributed by atoms with Crippen molar-refractivity contribution in [1.82, 2.24) is 9.13 Å². The van der Waals surface area contributed by atoms with Crippen LogP contribution < -0.4 is 5.69 Å². The maximum absolute atomic E-state index is 14.0. The first-order valence-electron chi connectivity index (χ1n) is 11.3. The number of aromatic carboxylic acids is 1. The summed E-state index contributed by atoms with van der Waals surface area (Å²) in [7, 11) is 0. The molecule has 0 aliphatic carbocycles. The second kappa shape index (κ2) is 10.6. The zero-order chi connectivity index (χ0) is 24.1. The van der Waals surface area contributed by atoms with Crippen molar-refractivity contribution in [1.29, 1.82) is 0 Å². The maximum atomic E-state index is 14.0. The molecule has 0 radical (unpaired) electrons. The molecule has 176 valence electrons. The molecule has 7 heteroatoms. The summed E-state index contributed by atoms with van der Waals surface area (Å²) < 4.78 is 30.7. The lowest BCUT2D eigenvalue weighted by Crippen LogP contribution is -2.26. The number of halogens is 2. The van der Waals surface area contributed by atoms with Gasteiger partial charge < -0.3 is 5.11 Å². The minimum Gasteiger partial charge on any atom is -0.478 e. The van der Waals surface area contributed by atoms with E-state index < -0.39 is 18.1 Å². The van der Waals surface area contributed by atoms with E-state index >= 15 is 0 Å². The average molecular weight is 457 g/mol. The van der Waals surface area contributed by atoms with Gasteiger partial charge in [-0.25, -0.2) is 18.4 Å². The molecule has 0 bridgehead atoms. The Morgan fingerprint density at radius 2 is 1.70 bits per heavy atom. The molecule has 33 heavy (non-hydrogen) atoms. The van der Waals surface area contributed by atoms with Crippen LogP contribution in [0.5, 0.6) is 0 Å². The van der Waals surface area contributed by atoms with Gasteiger partial charge in [0.1, 0.15) is 5.69 Å². The van der Waals surface area contributed by atoms with E-state index in [9.17, 15) is 23.5 Å². The van der Waals surface area contributed by atoms with Crippen LogP contribution in [0.15, 0.2) is 53.3 Å². The van der Waals surface area contributed by atoms with Gasteiger partial charge in [-0.05, 0) is 47.9 Å². The highest BCUT2D eigenvalue weighted by molar-refractivity contribution is 5.95. The van der Waals surface area contributed by atoms with Crippen LogP contribution >= 0.6 is 0 Å². The number of rotatable bonds is 10. The first-order valence-corrected chi connectivity index (χ1v) is 11.3. The molecule has 0 atom stereocenters. The fourth-order valence-corrected chi connectivity index (χ4v) is 4.09. The molecule has 0 saturated heterocycles. The minimum atomic E-state index is -2.72. The van der Waals surface area contributed by atoms with E-state index in [0.29, 0.717) is 36.4 Å². The summed E-state index contributed by atoms with van der Waals surface area (Å²) in [5.41, 5.74) is 2.14. The molecule has 3 aromatic rings. The van der Waals surface area contributed by atoms with Crippen molar-refractivity contribution in [3.8, 4) is 11.1 Å². The Bertz CT molecular complexity index is 1160. The van der Waals surface area contributed by atoms with Crippen molar-refractivity contribution >= 4 is 5.97 Å². The van der Waals surface area contributed by atoms with Crippen LogP contribution in [0.3, 0.4) is 0 Å².